The summed E-state index contributed by atoms with van der Waals surface area (Å²) in [6.07, 6.45) is 14.5. The molecule has 0 aromatic rings. The van der Waals surface area contributed by atoms with Crippen LogP contribution in [0.2, 0.25) is 36.3 Å². The zero-order valence-electron chi connectivity index (χ0n) is 28.8. The molecule has 1 aliphatic rings. The molecule has 0 aromatic heterocycles. The van der Waals surface area contributed by atoms with Gasteiger partial charge in [0.25, 0.3) is 0 Å². The highest BCUT2D eigenvalue weighted by atomic mass is 28.4. The summed E-state index contributed by atoms with van der Waals surface area (Å²) in [5.74, 6) is 0. The van der Waals surface area contributed by atoms with Gasteiger partial charge in [-0.05, 0) is 87.8 Å². The molecule has 0 amide bonds. The Balaban J connectivity index is 2.38. The molecule has 0 spiro atoms. The van der Waals surface area contributed by atoms with Crippen LogP contribution in [0.25, 0.3) is 0 Å². The lowest BCUT2D eigenvalue weighted by Crippen LogP contribution is -2.40. The molecule has 1 saturated heterocycles. The molecule has 240 valence electrons. The SMILES string of the molecule is CC(C)(C)[Si](C)(C)OCCCCCCC(O)(CCCCCCO[Si](C)(C)C(C)(C)C)CCCCN1CCOCC1. The van der Waals surface area contributed by atoms with Gasteiger partial charge in [-0.1, -0.05) is 80.1 Å². The van der Waals surface area contributed by atoms with E-state index >= 15 is 0 Å². The van der Waals surface area contributed by atoms with Gasteiger partial charge in [0, 0.05) is 26.3 Å². The Labute approximate surface area is 252 Å². The molecule has 7 heteroatoms. The third-order valence-corrected chi connectivity index (χ3v) is 19.2. The van der Waals surface area contributed by atoms with Gasteiger partial charge in [0.15, 0.2) is 16.6 Å². The van der Waals surface area contributed by atoms with E-state index in [0.29, 0.717) is 0 Å². The van der Waals surface area contributed by atoms with Crippen LogP contribution in [-0.4, -0.2) is 78.3 Å². The van der Waals surface area contributed by atoms with Crippen LogP contribution in [0, 0.1) is 0 Å². The molecule has 40 heavy (non-hydrogen) atoms. The van der Waals surface area contributed by atoms with E-state index in [-0.39, 0.29) is 10.1 Å². The summed E-state index contributed by atoms with van der Waals surface area (Å²) in [5, 5.41) is 12.2. The molecule has 1 aliphatic heterocycles. The number of morpholine rings is 1. The Hall–Kier alpha value is 0.234. The number of rotatable bonds is 21. The maximum atomic E-state index is 11.7. The molecule has 0 saturated carbocycles. The average Bonchev–Trinajstić information content (AvgIpc) is 2.85. The van der Waals surface area contributed by atoms with Crippen molar-refractivity contribution >= 4 is 16.6 Å². The molecule has 0 radical (unpaired) electrons. The van der Waals surface area contributed by atoms with Crippen molar-refractivity contribution in [2.24, 2.45) is 0 Å². The van der Waals surface area contributed by atoms with Crippen LogP contribution in [0.15, 0.2) is 0 Å². The number of ether oxygens (including phenoxy) is 1. The van der Waals surface area contributed by atoms with Crippen molar-refractivity contribution in [3.63, 3.8) is 0 Å². The second-order valence-corrected chi connectivity index (χ2v) is 25.3. The molecule has 1 N–H and O–H groups in total. The van der Waals surface area contributed by atoms with E-state index in [4.69, 9.17) is 13.6 Å². The van der Waals surface area contributed by atoms with Crippen molar-refractivity contribution in [2.45, 2.75) is 167 Å². The third kappa shape index (κ3) is 15.6. The quantitative estimate of drug-likeness (QED) is 0.105. The normalized spacial score (nSPS) is 16.6. The van der Waals surface area contributed by atoms with E-state index in [1.807, 2.05) is 0 Å². The van der Waals surface area contributed by atoms with Crippen LogP contribution in [0.5, 0.6) is 0 Å². The van der Waals surface area contributed by atoms with Crippen molar-refractivity contribution < 1.29 is 18.7 Å². The van der Waals surface area contributed by atoms with E-state index in [1.165, 1.54) is 32.1 Å². The van der Waals surface area contributed by atoms with Gasteiger partial charge in [0.05, 0.1) is 18.8 Å². The highest BCUT2D eigenvalue weighted by molar-refractivity contribution is 6.74. The molecule has 1 heterocycles. The van der Waals surface area contributed by atoms with E-state index in [9.17, 15) is 5.11 Å². The molecule has 5 nitrogen and oxygen atoms in total. The molecule has 0 unspecified atom stereocenters. The highest BCUT2D eigenvalue weighted by Gasteiger charge is 2.37. The molecular weight excluding hydrogens is 531 g/mol. The largest absolute Gasteiger partial charge is 0.417 e. The second-order valence-electron chi connectivity index (χ2n) is 15.7. The zero-order valence-corrected chi connectivity index (χ0v) is 30.8. The van der Waals surface area contributed by atoms with Gasteiger partial charge in [0.2, 0.25) is 0 Å². The minimum absolute atomic E-state index is 0.281. The summed E-state index contributed by atoms with van der Waals surface area (Å²) in [6, 6.07) is 0. The summed E-state index contributed by atoms with van der Waals surface area (Å²) in [6.45, 7) is 30.0. The molecule has 1 rings (SSSR count). The number of nitrogens with zero attached hydrogens (tertiary/aromatic N) is 1. The van der Waals surface area contributed by atoms with Crippen molar-refractivity contribution in [2.75, 3.05) is 46.1 Å². The van der Waals surface area contributed by atoms with Crippen molar-refractivity contribution in [3.8, 4) is 0 Å². The number of unbranched alkanes of at least 4 members (excludes halogenated alkanes) is 7. The Kier molecular flexibility index (Phi) is 17.3. The van der Waals surface area contributed by atoms with Crippen LogP contribution < -0.4 is 0 Å². The Morgan fingerprint density at radius 2 is 0.975 bits per heavy atom. The molecule has 1 fully saturated rings. The van der Waals surface area contributed by atoms with Crippen LogP contribution >= 0.6 is 0 Å². The second kappa shape index (κ2) is 18.1. The summed E-state index contributed by atoms with van der Waals surface area (Å²) in [4.78, 5) is 2.51. The first-order chi connectivity index (χ1) is 18.5. The maximum absolute atomic E-state index is 11.7. The lowest BCUT2D eigenvalue weighted by atomic mass is 9.85. The Morgan fingerprint density at radius 3 is 1.38 bits per heavy atom. The highest BCUT2D eigenvalue weighted by Crippen LogP contribution is 2.37. The lowest BCUT2D eigenvalue weighted by Gasteiger charge is -2.36. The third-order valence-electron chi connectivity index (χ3n) is 10.1. The lowest BCUT2D eigenvalue weighted by molar-refractivity contribution is 0.00455. The average molecular weight is 602 g/mol. The van der Waals surface area contributed by atoms with E-state index in [2.05, 4.69) is 72.6 Å². The summed E-state index contributed by atoms with van der Waals surface area (Å²) >= 11 is 0. The number of aliphatic hydroxyl groups is 1. The van der Waals surface area contributed by atoms with E-state index < -0.39 is 22.2 Å². The zero-order chi connectivity index (χ0) is 30.3. The molecule has 0 aliphatic carbocycles. The van der Waals surface area contributed by atoms with Gasteiger partial charge in [-0.2, -0.15) is 0 Å². The first-order valence-electron chi connectivity index (χ1n) is 16.8. The first kappa shape index (κ1) is 38.3. The number of hydrogen-bond acceptors (Lipinski definition) is 5. The fraction of sp³-hybridized carbons (Fsp3) is 1.00. The van der Waals surface area contributed by atoms with Gasteiger partial charge in [-0.15, -0.1) is 0 Å². The van der Waals surface area contributed by atoms with Gasteiger partial charge >= 0.3 is 0 Å². The minimum atomic E-state index is -1.64. The van der Waals surface area contributed by atoms with Gasteiger partial charge < -0.3 is 18.7 Å². The fourth-order valence-electron chi connectivity index (χ4n) is 4.90. The standard InChI is InChI=1S/C33H71NO4Si2/c1-31(2,3)39(7,8)37-27-19-13-11-15-21-33(35,23-17-18-24-34-25-29-36-30-26-34)22-16-12-14-20-28-38-40(9,10)32(4,5)6/h35H,11-30H2,1-10H3. The van der Waals surface area contributed by atoms with Crippen LogP contribution in [-0.2, 0) is 13.6 Å². The predicted octanol–water partition coefficient (Wildman–Crippen LogP) is 9.16. The van der Waals surface area contributed by atoms with E-state index in [0.717, 1.165) is 97.4 Å². The Morgan fingerprint density at radius 1 is 0.600 bits per heavy atom. The summed E-state index contributed by atoms with van der Waals surface area (Å²) < 4.78 is 18.2. The van der Waals surface area contributed by atoms with Crippen molar-refractivity contribution in [3.05, 3.63) is 0 Å². The molecule has 0 bridgehead atoms. The number of hydrogen-bond donors (Lipinski definition) is 1. The monoisotopic (exact) mass is 601 g/mol. The maximum Gasteiger partial charge on any atom is 0.191 e. The van der Waals surface area contributed by atoms with Gasteiger partial charge in [-0.3, -0.25) is 4.90 Å². The van der Waals surface area contributed by atoms with Crippen molar-refractivity contribution in [1.82, 2.24) is 4.90 Å². The van der Waals surface area contributed by atoms with E-state index in [1.54, 1.807) is 0 Å². The van der Waals surface area contributed by atoms with Crippen LogP contribution in [0.1, 0.15) is 125 Å². The first-order valence-corrected chi connectivity index (χ1v) is 22.6. The summed E-state index contributed by atoms with van der Waals surface area (Å²) in [5.41, 5.74) is -0.500. The van der Waals surface area contributed by atoms with Crippen LogP contribution in [0.3, 0.4) is 0 Å². The smallest absolute Gasteiger partial charge is 0.191 e. The van der Waals surface area contributed by atoms with Crippen molar-refractivity contribution in [1.29, 1.82) is 0 Å². The Bertz CT molecular complexity index is 612. The van der Waals surface area contributed by atoms with Gasteiger partial charge in [-0.25, -0.2) is 0 Å². The molecule has 0 aromatic carbocycles. The molecular formula is C33H71NO4Si2. The molecule has 0 atom stereocenters. The fourth-order valence-corrected chi connectivity index (χ4v) is 7.07. The predicted molar refractivity (Wildman–Crippen MR) is 179 cm³/mol. The summed E-state index contributed by atoms with van der Waals surface area (Å²) in [7, 11) is -3.27. The van der Waals surface area contributed by atoms with Crippen LogP contribution in [0.4, 0.5) is 0 Å². The minimum Gasteiger partial charge on any atom is -0.417 e. The topological polar surface area (TPSA) is 51.2 Å². The van der Waals surface area contributed by atoms with Gasteiger partial charge in [0.1, 0.15) is 0 Å².